The number of amides is 2. The molecule has 6 heteroatoms. The van der Waals surface area contributed by atoms with E-state index < -0.39 is 6.04 Å². The lowest BCUT2D eigenvalue weighted by molar-refractivity contribution is -0.141. The van der Waals surface area contributed by atoms with Crippen molar-refractivity contribution in [1.29, 1.82) is 0 Å². The Hall–Kier alpha value is -2.40. The summed E-state index contributed by atoms with van der Waals surface area (Å²) in [7, 11) is 0. The fourth-order valence-corrected chi connectivity index (χ4v) is 3.26. The van der Waals surface area contributed by atoms with Crippen LogP contribution in [0.5, 0.6) is 0 Å². The van der Waals surface area contributed by atoms with E-state index in [9.17, 15) is 14.0 Å². The van der Waals surface area contributed by atoms with Gasteiger partial charge in [-0.25, -0.2) is 4.39 Å². The first-order chi connectivity index (χ1) is 13.8. The topological polar surface area (TPSA) is 49.4 Å². The van der Waals surface area contributed by atoms with Crippen LogP contribution in [-0.4, -0.2) is 29.3 Å². The quantitative estimate of drug-likeness (QED) is 0.646. The van der Waals surface area contributed by atoms with Crippen molar-refractivity contribution in [3.05, 3.63) is 70.5 Å². The van der Waals surface area contributed by atoms with Gasteiger partial charge in [-0.3, -0.25) is 9.59 Å². The molecule has 4 nitrogen and oxygen atoms in total. The summed E-state index contributed by atoms with van der Waals surface area (Å²) >= 11 is 6.04. The van der Waals surface area contributed by atoms with Crippen LogP contribution in [0, 0.1) is 11.7 Å². The molecule has 1 atom stereocenters. The zero-order valence-corrected chi connectivity index (χ0v) is 17.9. The predicted molar refractivity (Wildman–Crippen MR) is 114 cm³/mol. The van der Waals surface area contributed by atoms with Gasteiger partial charge in [0.25, 0.3) is 0 Å². The minimum Gasteiger partial charge on any atom is -0.354 e. The van der Waals surface area contributed by atoms with Crippen molar-refractivity contribution in [2.45, 2.75) is 46.2 Å². The van der Waals surface area contributed by atoms with Crippen LogP contribution in [0.1, 0.15) is 38.3 Å². The number of carbonyl (C=O) groups excluding carboxylic acids is 2. The van der Waals surface area contributed by atoms with Gasteiger partial charge in [-0.1, -0.05) is 56.6 Å². The maximum atomic E-state index is 13.3. The highest BCUT2D eigenvalue weighted by Crippen LogP contribution is 2.17. The van der Waals surface area contributed by atoms with Crippen LogP contribution in [-0.2, 0) is 22.6 Å². The highest BCUT2D eigenvalue weighted by molar-refractivity contribution is 6.30. The standard InChI is InChI=1S/C23H28ClFN2O2/c1-4-21(23(29)26-14-16(2)3)27(15-17-8-10-20(25)11-9-17)22(28)13-18-6-5-7-19(24)12-18/h5-12,16,21H,4,13-15H2,1-3H3,(H,26,29)/t21-/m1/s1. The molecule has 0 unspecified atom stereocenters. The molecule has 0 aromatic heterocycles. The Morgan fingerprint density at radius 1 is 1.10 bits per heavy atom. The van der Waals surface area contributed by atoms with Gasteiger partial charge in [0.1, 0.15) is 11.9 Å². The van der Waals surface area contributed by atoms with Gasteiger partial charge >= 0.3 is 0 Å². The van der Waals surface area contributed by atoms with Gasteiger partial charge in [0.2, 0.25) is 11.8 Å². The fraction of sp³-hybridized carbons (Fsp3) is 0.391. The van der Waals surface area contributed by atoms with Crippen molar-refractivity contribution in [2.75, 3.05) is 6.54 Å². The Labute approximate surface area is 177 Å². The summed E-state index contributed by atoms with van der Waals surface area (Å²) in [6.07, 6.45) is 0.613. The number of rotatable bonds is 9. The van der Waals surface area contributed by atoms with Gasteiger partial charge in [0.05, 0.1) is 6.42 Å². The van der Waals surface area contributed by atoms with Crippen molar-refractivity contribution in [1.82, 2.24) is 10.2 Å². The molecule has 2 rings (SSSR count). The van der Waals surface area contributed by atoms with Crippen LogP contribution in [0.4, 0.5) is 4.39 Å². The Balaban J connectivity index is 2.25. The van der Waals surface area contributed by atoms with Gasteiger partial charge in [-0.2, -0.15) is 0 Å². The number of nitrogens with zero attached hydrogens (tertiary/aromatic N) is 1. The molecule has 0 aliphatic rings. The Morgan fingerprint density at radius 3 is 2.38 bits per heavy atom. The van der Waals surface area contributed by atoms with Crippen LogP contribution in [0.2, 0.25) is 5.02 Å². The van der Waals surface area contributed by atoms with E-state index in [0.29, 0.717) is 23.9 Å². The predicted octanol–water partition coefficient (Wildman–Crippen LogP) is 4.60. The minimum atomic E-state index is -0.606. The number of halogens is 2. The van der Waals surface area contributed by atoms with E-state index in [2.05, 4.69) is 5.32 Å². The minimum absolute atomic E-state index is 0.135. The summed E-state index contributed by atoms with van der Waals surface area (Å²) in [5.41, 5.74) is 1.55. The average Bonchev–Trinajstić information content (AvgIpc) is 2.67. The summed E-state index contributed by atoms with van der Waals surface area (Å²) in [6.45, 7) is 6.68. The monoisotopic (exact) mass is 418 g/mol. The lowest BCUT2D eigenvalue weighted by Gasteiger charge is -2.31. The molecule has 0 radical (unpaired) electrons. The summed E-state index contributed by atoms with van der Waals surface area (Å²) in [4.78, 5) is 27.5. The number of hydrogen-bond acceptors (Lipinski definition) is 2. The third-order valence-corrected chi connectivity index (χ3v) is 4.82. The van der Waals surface area contributed by atoms with E-state index in [1.165, 1.54) is 12.1 Å². The lowest BCUT2D eigenvalue weighted by Crippen LogP contribution is -2.50. The number of hydrogen-bond donors (Lipinski definition) is 1. The second-order valence-electron chi connectivity index (χ2n) is 7.52. The molecule has 0 bridgehead atoms. The van der Waals surface area contributed by atoms with Crippen LogP contribution in [0.3, 0.4) is 0 Å². The SMILES string of the molecule is CC[C@H](C(=O)NCC(C)C)N(Cc1ccc(F)cc1)C(=O)Cc1cccc(Cl)c1. The molecule has 29 heavy (non-hydrogen) atoms. The Kier molecular flexibility index (Phi) is 8.65. The van der Waals surface area contributed by atoms with Crippen LogP contribution in [0.15, 0.2) is 48.5 Å². The van der Waals surface area contributed by atoms with Crippen LogP contribution in [0.25, 0.3) is 0 Å². The molecule has 0 aliphatic carbocycles. The van der Waals surface area contributed by atoms with Crippen molar-refractivity contribution >= 4 is 23.4 Å². The third-order valence-electron chi connectivity index (χ3n) is 4.58. The van der Waals surface area contributed by atoms with Crippen molar-refractivity contribution in [3.63, 3.8) is 0 Å². The van der Waals surface area contributed by atoms with Crippen molar-refractivity contribution < 1.29 is 14.0 Å². The number of nitrogens with one attached hydrogen (secondary N) is 1. The fourth-order valence-electron chi connectivity index (χ4n) is 3.05. The molecule has 0 heterocycles. The Bertz CT molecular complexity index is 824. The molecule has 0 aliphatic heterocycles. The summed E-state index contributed by atoms with van der Waals surface area (Å²) in [6, 6.07) is 12.5. The molecule has 0 spiro atoms. The van der Waals surface area contributed by atoms with E-state index in [1.807, 2.05) is 26.8 Å². The van der Waals surface area contributed by atoms with E-state index >= 15 is 0 Å². The average molecular weight is 419 g/mol. The molecule has 2 aromatic rings. The molecule has 0 saturated carbocycles. The van der Waals surface area contributed by atoms with Gasteiger partial charge < -0.3 is 10.2 Å². The third kappa shape index (κ3) is 7.17. The largest absolute Gasteiger partial charge is 0.354 e. The summed E-state index contributed by atoms with van der Waals surface area (Å²) in [5.74, 6) is -0.387. The molecule has 2 aromatic carbocycles. The Morgan fingerprint density at radius 2 is 1.79 bits per heavy atom. The first-order valence-corrected chi connectivity index (χ1v) is 10.2. The van der Waals surface area contributed by atoms with Gasteiger partial charge in [0, 0.05) is 18.1 Å². The second-order valence-corrected chi connectivity index (χ2v) is 7.95. The smallest absolute Gasteiger partial charge is 0.242 e. The zero-order chi connectivity index (χ0) is 21.4. The van der Waals surface area contributed by atoms with Gasteiger partial charge in [0.15, 0.2) is 0 Å². The van der Waals surface area contributed by atoms with Gasteiger partial charge in [-0.05, 0) is 47.7 Å². The molecule has 156 valence electrons. The van der Waals surface area contributed by atoms with Crippen molar-refractivity contribution in [3.8, 4) is 0 Å². The number of benzene rings is 2. The maximum Gasteiger partial charge on any atom is 0.242 e. The second kappa shape index (κ2) is 11.0. The molecule has 0 saturated heterocycles. The molecule has 0 fully saturated rings. The molecular formula is C23H28ClFN2O2. The van der Waals surface area contributed by atoms with E-state index in [4.69, 9.17) is 11.6 Å². The lowest BCUT2D eigenvalue weighted by atomic mass is 10.1. The van der Waals surface area contributed by atoms with E-state index in [-0.39, 0.29) is 30.6 Å². The normalized spacial score (nSPS) is 11.9. The molecule has 1 N–H and O–H groups in total. The maximum absolute atomic E-state index is 13.3. The first kappa shape index (κ1) is 22.9. The molecular weight excluding hydrogens is 391 g/mol. The first-order valence-electron chi connectivity index (χ1n) is 9.86. The highest BCUT2D eigenvalue weighted by atomic mass is 35.5. The highest BCUT2D eigenvalue weighted by Gasteiger charge is 2.28. The van der Waals surface area contributed by atoms with Crippen LogP contribution < -0.4 is 5.32 Å². The van der Waals surface area contributed by atoms with E-state index in [1.54, 1.807) is 35.2 Å². The zero-order valence-electron chi connectivity index (χ0n) is 17.1. The molecule has 2 amide bonds. The summed E-state index contributed by atoms with van der Waals surface area (Å²) < 4.78 is 13.3. The van der Waals surface area contributed by atoms with E-state index in [0.717, 1.165) is 11.1 Å². The van der Waals surface area contributed by atoms with Gasteiger partial charge in [-0.15, -0.1) is 0 Å². The number of carbonyl (C=O) groups is 2. The summed E-state index contributed by atoms with van der Waals surface area (Å²) in [5, 5.41) is 3.48. The van der Waals surface area contributed by atoms with Crippen LogP contribution >= 0.6 is 11.6 Å². The van der Waals surface area contributed by atoms with Crippen molar-refractivity contribution in [2.24, 2.45) is 5.92 Å².